The molecule has 0 saturated heterocycles. The number of allylic oxidation sites excluding steroid dienone is 1. The Bertz CT molecular complexity index is 640. The number of rotatable bonds is 6. The third kappa shape index (κ3) is 4.98. The number of nitrogens with two attached hydrogens (primary N) is 3. The predicted molar refractivity (Wildman–Crippen MR) is 87.0 cm³/mol. The summed E-state index contributed by atoms with van der Waals surface area (Å²) < 4.78 is 0. The number of nitrogens with one attached hydrogen (secondary N) is 2. The first-order chi connectivity index (χ1) is 10.2. The molecule has 118 valence electrons. The topological polar surface area (TPSA) is 162 Å². The summed E-state index contributed by atoms with van der Waals surface area (Å²) in [6.07, 6.45) is 2.74. The van der Waals surface area contributed by atoms with E-state index < -0.39 is 17.9 Å². The van der Waals surface area contributed by atoms with Crippen LogP contribution in [0.4, 0.5) is 11.6 Å². The second kappa shape index (κ2) is 7.31. The largest absolute Gasteiger partial charge is 0.402 e. The molecule has 8 N–H and O–H groups in total. The Kier molecular flexibility index (Phi) is 5.75. The van der Waals surface area contributed by atoms with E-state index in [0.717, 1.165) is 0 Å². The van der Waals surface area contributed by atoms with Crippen molar-refractivity contribution in [2.45, 2.75) is 19.9 Å². The lowest BCUT2D eigenvalue weighted by Crippen LogP contribution is -2.33. The Morgan fingerprint density at radius 3 is 2.50 bits per heavy atom. The molecule has 0 aliphatic carbocycles. The first-order valence-corrected chi connectivity index (χ1v) is 6.59. The van der Waals surface area contributed by atoms with Crippen LogP contribution >= 0.6 is 12.2 Å². The minimum atomic E-state index is -0.777. The van der Waals surface area contributed by atoms with Crippen molar-refractivity contribution in [3.8, 4) is 0 Å². The zero-order valence-electron chi connectivity index (χ0n) is 12.1. The highest BCUT2D eigenvalue weighted by molar-refractivity contribution is 7.81. The molecule has 1 rings (SSSR count). The summed E-state index contributed by atoms with van der Waals surface area (Å²) in [6, 6.07) is -0.667. The zero-order chi connectivity index (χ0) is 16.9. The van der Waals surface area contributed by atoms with Crippen molar-refractivity contribution < 1.29 is 9.59 Å². The lowest BCUT2D eigenvalue weighted by Gasteiger charge is -2.13. The number of amides is 2. The first-order valence-electron chi connectivity index (χ1n) is 6.18. The number of aromatic nitrogens is 2. The second-order valence-electron chi connectivity index (χ2n) is 4.46. The monoisotopic (exact) mass is 323 g/mol. The summed E-state index contributed by atoms with van der Waals surface area (Å²) in [6.45, 7) is 3.21. The van der Waals surface area contributed by atoms with Crippen LogP contribution in [0.15, 0.2) is 18.0 Å². The van der Waals surface area contributed by atoms with Crippen molar-refractivity contribution >= 4 is 40.7 Å². The molecule has 22 heavy (non-hydrogen) atoms. The molecule has 0 aromatic carbocycles. The van der Waals surface area contributed by atoms with Gasteiger partial charge in [0.05, 0.1) is 6.20 Å². The normalized spacial score (nSPS) is 12.4. The molecule has 0 saturated carbocycles. The van der Waals surface area contributed by atoms with Gasteiger partial charge in [0.1, 0.15) is 16.8 Å². The summed E-state index contributed by atoms with van der Waals surface area (Å²) >= 11 is 5.05. The van der Waals surface area contributed by atoms with Crippen LogP contribution in [0.1, 0.15) is 24.3 Å². The Hall–Kier alpha value is -2.75. The van der Waals surface area contributed by atoms with Gasteiger partial charge in [-0.15, -0.1) is 0 Å². The standard InChI is InChI=1S/C12H17N7O2S/c1-5(13)3-8(22)19-12-9(11(15)21)16-4-7(18-12)17-6(2)10(14)20/h3-4,6H,13H2,1-2H3,(H2,14,20)(H2,15,21)(H2,17,18,19,22)/b5-3-. The van der Waals surface area contributed by atoms with Gasteiger partial charge in [0.15, 0.2) is 11.5 Å². The molecule has 0 aliphatic heterocycles. The average Bonchev–Trinajstić information content (AvgIpc) is 2.37. The fourth-order valence-electron chi connectivity index (χ4n) is 1.38. The van der Waals surface area contributed by atoms with Crippen LogP contribution < -0.4 is 27.8 Å². The van der Waals surface area contributed by atoms with Crippen LogP contribution in [-0.4, -0.2) is 32.8 Å². The summed E-state index contributed by atoms with van der Waals surface area (Å²) in [5.74, 6) is -1.06. The smallest absolute Gasteiger partial charge is 0.271 e. The molecule has 10 heteroatoms. The van der Waals surface area contributed by atoms with Gasteiger partial charge in [0.25, 0.3) is 5.91 Å². The number of anilines is 2. The molecule has 0 spiro atoms. The minimum Gasteiger partial charge on any atom is -0.402 e. The van der Waals surface area contributed by atoms with E-state index in [2.05, 4.69) is 20.6 Å². The van der Waals surface area contributed by atoms with Gasteiger partial charge in [-0.2, -0.15) is 0 Å². The van der Waals surface area contributed by atoms with Gasteiger partial charge in [-0.3, -0.25) is 9.59 Å². The Labute approximate surface area is 132 Å². The summed E-state index contributed by atoms with van der Waals surface area (Å²) in [5, 5.41) is 5.45. The van der Waals surface area contributed by atoms with E-state index >= 15 is 0 Å². The van der Waals surface area contributed by atoms with Gasteiger partial charge in [-0.1, -0.05) is 12.2 Å². The van der Waals surface area contributed by atoms with Crippen molar-refractivity contribution in [1.29, 1.82) is 0 Å². The molecule has 2 amide bonds. The van der Waals surface area contributed by atoms with E-state index in [-0.39, 0.29) is 22.3 Å². The lowest BCUT2D eigenvalue weighted by molar-refractivity contribution is -0.118. The third-order valence-corrected chi connectivity index (χ3v) is 2.62. The highest BCUT2D eigenvalue weighted by atomic mass is 32.1. The fourth-order valence-corrected chi connectivity index (χ4v) is 1.66. The second-order valence-corrected chi connectivity index (χ2v) is 4.90. The van der Waals surface area contributed by atoms with Crippen molar-refractivity contribution in [2.75, 3.05) is 10.6 Å². The molecular weight excluding hydrogens is 306 g/mol. The summed E-state index contributed by atoms with van der Waals surface area (Å²) in [5.41, 5.74) is 16.3. The van der Waals surface area contributed by atoms with Crippen LogP contribution in [0.3, 0.4) is 0 Å². The fraction of sp³-hybridized carbons (Fsp3) is 0.250. The van der Waals surface area contributed by atoms with Gasteiger partial charge in [-0.25, -0.2) is 9.97 Å². The van der Waals surface area contributed by atoms with Crippen molar-refractivity contribution in [3.63, 3.8) is 0 Å². The van der Waals surface area contributed by atoms with Crippen molar-refractivity contribution in [3.05, 3.63) is 23.7 Å². The molecule has 0 radical (unpaired) electrons. The van der Waals surface area contributed by atoms with Gasteiger partial charge < -0.3 is 27.8 Å². The molecule has 1 unspecified atom stereocenters. The van der Waals surface area contributed by atoms with Crippen LogP contribution in [-0.2, 0) is 4.79 Å². The quantitative estimate of drug-likeness (QED) is 0.344. The van der Waals surface area contributed by atoms with E-state index in [4.69, 9.17) is 29.4 Å². The number of nitrogens with zero attached hydrogens (tertiary/aromatic N) is 2. The van der Waals surface area contributed by atoms with E-state index in [1.807, 2.05) is 0 Å². The van der Waals surface area contributed by atoms with E-state index in [9.17, 15) is 9.59 Å². The number of carbonyl (C=O) groups excluding carboxylic acids is 2. The Morgan fingerprint density at radius 1 is 1.36 bits per heavy atom. The maximum absolute atomic E-state index is 11.4. The predicted octanol–water partition coefficient (Wildman–Crippen LogP) is -0.537. The number of hydrogen-bond donors (Lipinski definition) is 5. The van der Waals surface area contributed by atoms with Crippen molar-refractivity contribution in [2.24, 2.45) is 17.2 Å². The molecule has 1 atom stereocenters. The SMILES string of the molecule is C/C(N)=C/C(=S)Nc1nc(NC(C)C(N)=O)cnc1C(N)=O. The first kappa shape index (κ1) is 17.3. The molecule has 1 aromatic rings. The maximum atomic E-state index is 11.4. The van der Waals surface area contributed by atoms with Gasteiger partial charge in [0, 0.05) is 5.70 Å². The van der Waals surface area contributed by atoms with Gasteiger partial charge in [0.2, 0.25) is 5.91 Å². The molecule has 1 heterocycles. The van der Waals surface area contributed by atoms with Gasteiger partial charge >= 0.3 is 0 Å². The molecule has 9 nitrogen and oxygen atoms in total. The molecule has 0 aliphatic rings. The Balaban J connectivity index is 3.10. The van der Waals surface area contributed by atoms with Crippen LogP contribution in [0.2, 0.25) is 0 Å². The lowest BCUT2D eigenvalue weighted by atomic mass is 10.3. The number of thiocarbonyl (C=S) groups is 1. The highest BCUT2D eigenvalue weighted by Crippen LogP contribution is 2.14. The summed E-state index contributed by atoms with van der Waals surface area (Å²) in [4.78, 5) is 30.7. The number of hydrogen-bond acceptors (Lipinski definition) is 7. The van der Waals surface area contributed by atoms with Crippen LogP contribution in [0, 0.1) is 0 Å². The third-order valence-electron chi connectivity index (χ3n) is 2.40. The number of primary amides is 2. The number of carbonyl (C=O) groups is 2. The summed E-state index contributed by atoms with van der Waals surface area (Å²) in [7, 11) is 0. The maximum Gasteiger partial charge on any atom is 0.271 e. The van der Waals surface area contributed by atoms with Gasteiger partial charge in [-0.05, 0) is 19.9 Å². The van der Waals surface area contributed by atoms with E-state index in [1.54, 1.807) is 13.8 Å². The average molecular weight is 323 g/mol. The van der Waals surface area contributed by atoms with Crippen LogP contribution in [0.25, 0.3) is 0 Å². The molecule has 0 fully saturated rings. The minimum absolute atomic E-state index is 0.0525. The molecule has 0 bridgehead atoms. The molecular formula is C12H17N7O2S. The van der Waals surface area contributed by atoms with E-state index in [0.29, 0.717) is 5.70 Å². The van der Waals surface area contributed by atoms with E-state index in [1.165, 1.54) is 12.3 Å². The Morgan fingerprint density at radius 2 is 2.00 bits per heavy atom. The highest BCUT2D eigenvalue weighted by Gasteiger charge is 2.15. The molecule has 1 aromatic heterocycles. The van der Waals surface area contributed by atoms with Crippen molar-refractivity contribution in [1.82, 2.24) is 9.97 Å². The van der Waals surface area contributed by atoms with Crippen LogP contribution in [0.5, 0.6) is 0 Å². The zero-order valence-corrected chi connectivity index (χ0v) is 12.9.